The predicted molar refractivity (Wildman–Crippen MR) is 166 cm³/mol. The molecule has 2 aromatic heterocycles. The zero-order chi connectivity index (χ0) is 31.5. The van der Waals surface area contributed by atoms with Crippen LogP contribution in [0.5, 0.6) is 0 Å². The van der Waals surface area contributed by atoms with Crippen LogP contribution in [0.15, 0.2) is 70.2 Å². The fourth-order valence-electron chi connectivity index (χ4n) is 5.96. The minimum absolute atomic E-state index is 0.0339. The van der Waals surface area contributed by atoms with Crippen molar-refractivity contribution in [3.05, 3.63) is 104 Å². The van der Waals surface area contributed by atoms with Gasteiger partial charge in [-0.2, -0.15) is 18.3 Å². The fraction of sp³-hybridized carbons (Fsp3) is 0.344. The molecule has 8 nitrogen and oxygen atoms in total. The lowest BCUT2D eigenvalue weighted by molar-refractivity contribution is -0.138. The maximum absolute atomic E-state index is 14.3. The molecule has 0 saturated carbocycles. The first kappa shape index (κ1) is 30.1. The Hall–Kier alpha value is -3.90. The molecule has 1 amide bonds. The average molecular weight is 670 g/mol. The molecule has 2 aromatic carbocycles. The minimum Gasteiger partial charge on any atom is -0.330 e. The van der Waals surface area contributed by atoms with E-state index in [2.05, 4.69) is 53.3 Å². The number of halogens is 4. The number of alkyl halides is 3. The van der Waals surface area contributed by atoms with Gasteiger partial charge in [0.2, 0.25) is 0 Å². The highest BCUT2D eigenvalue weighted by molar-refractivity contribution is 9.10. The zero-order valence-electron chi connectivity index (χ0n) is 24.7. The van der Waals surface area contributed by atoms with E-state index >= 15 is 0 Å². The molecule has 2 unspecified atom stereocenters. The molecule has 0 spiro atoms. The van der Waals surface area contributed by atoms with E-state index in [0.29, 0.717) is 34.9 Å². The number of hydrogen-bond acceptors (Lipinski definition) is 5. The lowest BCUT2D eigenvalue weighted by atomic mass is 9.97. The van der Waals surface area contributed by atoms with Gasteiger partial charge in [-0.25, -0.2) is 9.94 Å². The molecule has 12 heteroatoms. The molecular weight excluding hydrogens is 637 g/mol. The Kier molecular flexibility index (Phi) is 7.69. The zero-order valence-corrected chi connectivity index (χ0v) is 26.3. The maximum Gasteiger partial charge on any atom is 0.417 e. The first-order valence-electron chi connectivity index (χ1n) is 14.5. The minimum atomic E-state index is -4.62. The van der Waals surface area contributed by atoms with Crippen molar-refractivity contribution in [2.45, 2.75) is 65.3 Å². The van der Waals surface area contributed by atoms with Gasteiger partial charge in [0, 0.05) is 39.4 Å². The van der Waals surface area contributed by atoms with Crippen LogP contribution in [0.4, 0.5) is 18.9 Å². The quantitative estimate of drug-likeness (QED) is 0.271. The van der Waals surface area contributed by atoms with Crippen LogP contribution in [0.3, 0.4) is 0 Å². The Balaban J connectivity index is 1.44. The molecule has 4 heterocycles. The summed E-state index contributed by atoms with van der Waals surface area (Å²) in [4.78, 5) is 29.5. The van der Waals surface area contributed by atoms with Crippen LogP contribution in [-0.2, 0) is 25.6 Å². The molecule has 2 aliphatic heterocycles. The number of carbonyl (C=O) groups is 1. The van der Waals surface area contributed by atoms with Crippen molar-refractivity contribution in [1.29, 1.82) is 0 Å². The van der Waals surface area contributed by atoms with Crippen LogP contribution in [-0.4, -0.2) is 37.1 Å². The number of anilines is 1. The van der Waals surface area contributed by atoms with Crippen molar-refractivity contribution in [3.63, 3.8) is 0 Å². The van der Waals surface area contributed by atoms with Gasteiger partial charge in [-0.1, -0.05) is 29.8 Å². The lowest BCUT2D eigenvalue weighted by Gasteiger charge is -2.35. The van der Waals surface area contributed by atoms with Gasteiger partial charge in [-0.3, -0.25) is 19.2 Å². The smallest absolute Gasteiger partial charge is 0.330 e. The third-order valence-corrected chi connectivity index (χ3v) is 8.80. The molecule has 0 bridgehead atoms. The topological polar surface area (TPSA) is 74.9 Å². The number of benzene rings is 2. The summed E-state index contributed by atoms with van der Waals surface area (Å²) in [6, 6.07) is 11.0. The van der Waals surface area contributed by atoms with Gasteiger partial charge in [-0.15, -0.1) is 0 Å². The second-order valence-corrected chi connectivity index (χ2v) is 12.7. The molecule has 0 aliphatic carbocycles. The summed E-state index contributed by atoms with van der Waals surface area (Å²) in [7, 11) is 0. The Morgan fingerprint density at radius 3 is 2.45 bits per heavy atom. The number of rotatable bonds is 5. The molecule has 2 atom stereocenters. The largest absolute Gasteiger partial charge is 0.417 e. The van der Waals surface area contributed by atoms with E-state index in [-0.39, 0.29) is 34.6 Å². The molecular formula is C32H32BrF3N6O2. The summed E-state index contributed by atoms with van der Waals surface area (Å²) in [5.41, 5.74) is 6.37. The first-order valence-corrected chi connectivity index (χ1v) is 15.3. The van der Waals surface area contributed by atoms with E-state index in [0.717, 1.165) is 17.3 Å². The van der Waals surface area contributed by atoms with Gasteiger partial charge < -0.3 is 4.90 Å². The second-order valence-electron chi connectivity index (χ2n) is 11.9. The number of hydrazine groups is 1. The molecule has 2 aliphatic rings. The fourth-order valence-corrected chi connectivity index (χ4v) is 6.44. The highest BCUT2D eigenvalue weighted by atomic mass is 79.9. The summed E-state index contributed by atoms with van der Waals surface area (Å²) < 4.78 is 44.1. The molecule has 0 saturated heterocycles. The van der Waals surface area contributed by atoms with E-state index in [1.165, 1.54) is 17.0 Å². The van der Waals surface area contributed by atoms with Crippen molar-refractivity contribution in [2.24, 2.45) is 5.92 Å². The third kappa shape index (κ3) is 5.34. The van der Waals surface area contributed by atoms with Crippen LogP contribution >= 0.6 is 15.9 Å². The summed E-state index contributed by atoms with van der Waals surface area (Å²) in [6.45, 7) is 8.07. The van der Waals surface area contributed by atoms with Gasteiger partial charge >= 0.3 is 6.18 Å². The molecule has 6 rings (SSSR count). The van der Waals surface area contributed by atoms with E-state index < -0.39 is 23.7 Å². The number of fused-ring (bicyclic) bond motifs is 3. The SMILES string of the molecule is CC(C)Cc1cnn2c3c(c(=O)n(-c4ccc(N5C=CC(C)N5)cc4)c12)CC(C)N(C(=O)c1ccc(Br)c(C(F)(F)F)c1)C3. The molecule has 0 radical (unpaired) electrons. The monoisotopic (exact) mass is 668 g/mol. The average Bonchev–Trinajstić information content (AvgIpc) is 3.59. The molecule has 0 fully saturated rings. The third-order valence-electron chi connectivity index (χ3n) is 8.11. The molecule has 230 valence electrons. The van der Waals surface area contributed by atoms with Gasteiger partial charge in [0.1, 0.15) is 5.65 Å². The standard InChI is InChI=1S/C32H32BrF3N6O2/c1-18(2)13-22-16-37-42-28-17-39(30(43)21-5-10-27(33)26(15-21)32(34,35)36)20(4)14-25(28)31(44)41(29(22)42)24-8-6-23(7-9-24)40-12-11-19(3)38-40/h5-12,15-16,18-20,38H,13-14,17H2,1-4H3. The summed E-state index contributed by atoms with van der Waals surface area (Å²) >= 11 is 2.95. The number of carbonyl (C=O) groups excluding carboxylic acids is 1. The molecule has 44 heavy (non-hydrogen) atoms. The number of nitrogens with one attached hydrogen (secondary N) is 1. The predicted octanol–water partition coefficient (Wildman–Crippen LogP) is 6.28. The number of nitrogens with zero attached hydrogens (tertiary/aromatic N) is 5. The highest BCUT2D eigenvalue weighted by Gasteiger charge is 2.36. The summed E-state index contributed by atoms with van der Waals surface area (Å²) in [5.74, 6) is -0.249. The Morgan fingerprint density at radius 2 is 1.82 bits per heavy atom. The van der Waals surface area contributed by atoms with Crippen molar-refractivity contribution in [2.75, 3.05) is 5.01 Å². The van der Waals surface area contributed by atoms with Gasteiger partial charge in [0.05, 0.1) is 35.4 Å². The first-order chi connectivity index (χ1) is 20.8. The van der Waals surface area contributed by atoms with E-state index in [4.69, 9.17) is 0 Å². The maximum atomic E-state index is 14.3. The molecule has 4 aromatic rings. The Labute approximate surface area is 260 Å². The van der Waals surface area contributed by atoms with Crippen LogP contribution in [0.25, 0.3) is 11.3 Å². The van der Waals surface area contributed by atoms with Crippen molar-refractivity contribution >= 4 is 33.2 Å². The van der Waals surface area contributed by atoms with Crippen molar-refractivity contribution < 1.29 is 18.0 Å². The number of amides is 1. The Bertz CT molecular complexity index is 1840. The van der Waals surface area contributed by atoms with E-state index in [1.807, 2.05) is 35.5 Å². The van der Waals surface area contributed by atoms with Crippen LogP contribution in [0, 0.1) is 5.92 Å². The van der Waals surface area contributed by atoms with E-state index in [1.54, 1.807) is 22.2 Å². The van der Waals surface area contributed by atoms with Crippen LogP contribution < -0.4 is 16.0 Å². The van der Waals surface area contributed by atoms with Gasteiger partial charge in [0.15, 0.2) is 0 Å². The normalized spacial score (nSPS) is 18.5. The lowest BCUT2D eigenvalue weighted by Crippen LogP contribution is -2.46. The van der Waals surface area contributed by atoms with Gasteiger partial charge in [0.25, 0.3) is 11.5 Å². The van der Waals surface area contributed by atoms with Gasteiger partial charge in [-0.05, 0) is 81.1 Å². The Morgan fingerprint density at radius 1 is 1.11 bits per heavy atom. The van der Waals surface area contributed by atoms with Crippen LogP contribution in [0.1, 0.15) is 60.4 Å². The van der Waals surface area contributed by atoms with Crippen LogP contribution in [0.2, 0.25) is 0 Å². The van der Waals surface area contributed by atoms with E-state index in [9.17, 15) is 22.8 Å². The summed E-state index contributed by atoms with van der Waals surface area (Å²) in [5, 5.41) is 6.62. The summed E-state index contributed by atoms with van der Waals surface area (Å²) in [6.07, 6.45) is 2.07. The van der Waals surface area contributed by atoms with Crippen molar-refractivity contribution in [1.82, 2.24) is 24.5 Å². The second kappa shape index (κ2) is 11.2. The van der Waals surface area contributed by atoms with Crippen molar-refractivity contribution in [3.8, 4) is 5.69 Å². The number of hydrogen-bond donors (Lipinski definition) is 1. The molecule has 1 N–H and O–H groups in total. The highest BCUT2D eigenvalue weighted by Crippen LogP contribution is 2.36. The number of aromatic nitrogens is 3.